The van der Waals surface area contributed by atoms with E-state index in [-0.39, 0.29) is 0 Å². The SMILES string of the molecule is C#CCNc1cccc(OCCC)c1. The molecular formula is C12H15NO. The number of ether oxygens (including phenoxy) is 1. The van der Waals surface area contributed by atoms with Gasteiger partial charge in [-0.3, -0.25) is 0 Å². The standard InChI is InChI=1S/C12H15NO/c1-3-8-13-11-6-5-7-12(10-11)14-9-4-2/h1,5-7,10,13H,4,8-9H2,2H3. The van der Waals surface area contributed by atoms with Gasteiger partial charge in [0, 0.05) is 11.8 Å². The molecule has 0 saturated carbocycles. The Bertz CT molecular complexity index is 314. The Hall–Kier alpha value is -1.62. The van der Waals surface area contributed by atoms with Crippen molar-refractivity contribution in [2.24, 2.45) is 0 Å². The minimum atomic E-state index is 0.539. The first-order valence-corrected chi connectivity index (χ1v) is 4.77. The third-order valence-electron chi connectivity index (χ3n) is 1.70. The van der Waals surface area contributed by atoms with Crippen LogP contribution in [0, 0.1) is 12.3 Å². The van der Waals surface area contributed by atoms with Gasteiger partial charge in [0.2, 0.25) is 0 Å². The fraction of sp³-hybridized carbons (Fsp3) is 0.333. The van der Waals surface area contributed by atoms with E-state index in [1.54, 1.807) is 0 Å². The molecule has 0 aromatic heterocycles. The highest BCUT2D eigenvalue weighted by molar-refractivity contribution is 5.48. The van der Waals surface area contributed by atoms with Crippen molar-refractivity contribution in [3.05, 3.63) is 24.3 Å². The minimum absolute atomic E-state index is 0.539. The fourth-order valence-corrected chi connectivity index (χ4v) is 1.07. The molecule has 0 unspecified atom stereocenters. The second kappa shape index (κ2) is 5.93. The van der Waals surface area contributed by atoms with E-state index in [2.05, 4.69) is 18.2 Å². The molecule has 0 heterocycles. The Morgan fingerprint density at radius 1 is 1.50 bits per heavy atom. The van der Waals surface area contributed by atoms with Crippen molar-refractivity contribution in [3.63, 3.8) is 0 Å². The van der Waals surface area contributed by atoms with Gasteiger partial charge in [0.15, 0.2) is 0 Å². The summed E-state index contributed by atoms with van der Waals surface area (Å²) in [4.78, 5) is 0. The van der Waals surface area contributed by atoms with Crippen LogP contribution in [0.15, 0.2) is 24.3 Å². The molecule has 0 radical (unpaired) electrons. The topological polar surface area (TPSA) is 21.3 Å². The number of hydrogen-bond acceptors (Lipinski definition) is 2. The van der Waals surface area contributed by atoms with Gasteiger partial charge in [-0.25, -0.2) is 0 Å². The first-order valence-electron chi connectivity index (χ1n) is 4.77. The van der Waals surface area contributed by atoms with Gasteiger partial charge in [-0.1, -0.05) is 18.9 Å². The van der Waals surface area contributed by atoms with E-state index in [0.717, 1.165) is 24.5 Å². The predicted octanol–water partition coefficient (Wildman–Crippen LogP) is 2.52. The third-order valence-corrected chi connectivity index (χ3v) is 1.70. The number of benzene rings is 1. The van der Waals surface area contributed by atoms with Crippen molar-refractivity contribution >= 4 is 5.69 Å². The normalized spacial score (nSPS) is 9.14. The van der Waals surface area contributed by atoms with Crippen LogP contribution in [0.3, 0.4) is 0 Å². The van der Waals surface area contributed by atoms with Crippen molar-refractivity contribution in [3.8, 4) is 18.1 Å². The molecule has 74 valence electrons. The second-order valence-electron chi connectivity index (χ2n) is 2.93. The Kier molecular flexibility index (Phi) is 4.43. The van der Waals surface area contributed by atoms with Gasteiger partial charge in [0.25, 0.3) is 0 Å². The Morgan fingerprint density at radius 2 is 2.36 bits per heavy atom. The largest absolute Gasteiger partial charge is 0.494 e. The van der Waals surface area contributed by atoms with Gasteiger partial charge in [0.05, 0.1) is 13.2 Å². The van der Waals surface area contributed by atoms with Crippen molar-refractivity contribution in [2.45, 2.75) is 13.3 Å². The lowest BCUT2D eigenvalue weighted by Crippen LogP contribution is -1.99. The van der Waals surface area contributed by atoms with Crippen LogP contribution >= 0.6 is 0 Å². The van der Waals surface area contributed by atoms with E-state index in [4.69, 9.17) is 11.2 Å². The molecule has 0 fully saturated rings. The van der Waals surface area contributed by atoms with E-state index in [1.807, 2.05) is 24.3 Å². The van der Waals surface area contributed by atoms with Gasteiger partial charge in [-0.05, 0) is 18.6 Å². The zero-order chi connectivity index (χ0) is 10.2. The molecular weight excluding hydrogens is 174 g/mol. The summed E-state index contributed by atoms with van der Waals surface area (Å²) in [6.45, 7) is 3.37. The minimum Gasteiger partial charge on any atom is -0.494 e. The molecule has 1 aromatic carbocycles. The van der Waals surface area contributed by atoms with Crippen LogP contribution in [0.5, 0.6) is 5.75 Å². The number of nitrogens with one attached hydrogen (secondary N) is 1. The van der Waals surface area contributed by atoms with Crippen LogP contribution < -0.4 is 10.1 Å². The molecule has 0 atom stereocenters. The molecule has 0 spiro atoms. The zero-order valence-electron chi connectivity index (χ0n) is 8.42. The molecule has 0 saturated heterocycles. The lowest BCUT2D eigenvalue weighted by Gasteiger charge is -2.07. The van der Waals surface area contributed by atoms with Crippen molar-refractivity contribution in [1.29, 1.82) is 0 Å². The van der Waals surface area contributed by atoms with E-state index >= 15 is 0 Å². The lowest BCUT2D eigenvalue weighted by molar-refractivity contribution is 0.317. The lowest BCUT2D eigenvalue weighted by atomic mass is 10.3. The second-order valence-corrected chi connectivity index (χ2v) is 2.93. The van der Waals surface area contributed by atoms with Crippen LogP contribution in [0.1, 0.15) is 13.3 Å². The Balaban J connectivity index is 2.55. The van der Waals surface area contributed by atoms with E-state index < -0.39 is 0 Å². The first kappa shape index (κ1) is 10.5. The van der Waals surface area contributed by atoms with E-state index in [9.17, 15) is 0 Å². The molecule has 14 heavy (non-hydrogen) atoms. The van der Waals surface area contributed by atoms with Gasteiger partial charge in [-0.15, -0.1) is 6.42 Å². The van der Waals surface area contributed by atoms with Crippen molar-refractivity contribution < 1.29 is 4.74 Å². The van der Waals surface area contributed by atoms with Crippen LogP contribution in [0.2, 0.25) is 0 Å². The molecule has 1 rings (SSSR count). The zero-order valence-corrected chi connectivity index (χ0v) is 8.42. The molecule has 1 aromatic rings. The summed E-state index contributed by atoms with van der Waals surface area (Å²) in [6.07, 6.45) is 6.17. The number of hydrogen-bond donors (Lipinski definition) is 1. The van der Waals surface area contributed by atoms with Crippen LogP contribution in [0.4, 0.5) is 5.69 Å². The average molecular weight is 189 g/mol. The highest BCUT2D eigenvalue weighted by Crippen LogP contribution is 2.16. The number of anilines is 1. The molecule has 2 heteroatoms. The van der Waals surface area contributed by atoms with Crippen LogP contribution in [-0.4, -0.2) is 13.2 Å². The van der Waals surface area contributed by atoms with Crippen LogP contribution in [0.25, 0.3) is 0 Å². The summed E-state index contributed by atoms with van der Waals surface area (Å²) in [5.74, 6) is 3.41. The predicted molar refractivity (Wildman–Crippen MR) is 59.6 cm³/mol. The van der Waals surface area contributed by atoms with Crippen LogP contribution in [-0.2, 0) is 0 Å². The van der Waals surface area contributed by atoms with Gasteiger partial charge < -0.3 is 10.1 Å². The third kappa shape index (κ3) is 3.40. The van der Waals surface area contributed by atoms with Gasteiger partial charge in [-0.2, -0.15) is 0 Å². The molecule has 0 bridgehead atoms. The maximum absolute atomic E-state index is 5.48. The summed E-state index contributed by atoms with van der Waals surface area (Å²) >= 11 is 0. The highest BCUT2D eigenvalue weighted by atomic mass is 16.5. The summed E-state index contributed by atoms with van der Waals surface area (Å²) in [5, 5.41) is 3.10. The van der Waals surface area contributed by atoms with Gasteiger partial charge in [0.1, 0.15) is 5.75 Å². The molecule has 1 N–H and O–H groups in total. The quantitative estimate of drug-likeness (QED) is 0.719. The first-order chi connectivity index (χ1) is 6.86. The molecule has 0 aliphatic carbocycles. The maximum Gasteiger partial charge on any atom is 0.121 e. The molecule has 2 nitrogen and oxygen atoms in total. The molecule has 0 amide bonds. The van der Waals surface area contributed by atoms with Crippen molar-refractivity contribution in [1.82, 2.24) is 0 Å². The number of terminal acetylenes is 1. The molecule has 0 aliphatic heterocycles. The number of rotatable bonds is 5. The smallest absolute Gasteiger partial charge is 0.121 e. The Morgan fingerprint density at radius 3 is 3.07 bits per heavy atom. The van der Waals surface area contributed by atoms with Gasteiger partial charge >= 0.3 is 0 Å². The van der Waals surface area contributed by atoms with E-state index in [0.29, 0.717) is 6.54 Å². The van der Waals surface area contributed by atoms with Crippen molar-refractivity contribution in [2.75, 3.05) is 18.5 Å². The maximum atomic E-state index is 5.48. The highest BCUT2D eigenvalue weighted by Gasteiger charge is 1.94. The van der Waals surface area contributed by atoms with E-state index in [1.165, 1.54) is 0 Å². The summed E-state index contributed by atoms with van der Waals surface area (Å²) in [7, 11) is 0. The Labute approximate surface area is 85.3 Å². The molecule has 0 aliphatic rings. The summed E-state index contributed by atoms with van der Waals surface area (Å²) in [5.41, 5.74) is 0.997. The fourth-order valence-electron chi connectivity index (χ4n) is 1.07. The monoisotopic (exact) mass is 189 g/mol. The summed E-state index contributed by atoms with van der Waals surface area (Å²) < 4.78 is 5.48. The summed E-state index contributed by atoms with van der Waals surface area (Å²) in [6, 6.07) is 7.81. The average Bonchev–Trinajstić information content (AvgIpc) is 2.24.